The van der Waals surface area contributed by atoms with Gasteiger partial charge in [0.2, 0.25) is 10.0 Å². The summed E-state index contributed by atoms with van der Waals surface area (Å²) in [6.07, 6.45) is 2.10. The van der Waals surface area contributed by atoms with Crippen molar-refractivity contribution in [3.05, 3.63) is 0 Å². The molecule has 18 heavy (non-hydrogen) atoms. The Morgan fingerprint density at radius 1 is 1.44 bits per heavy atom. The molecule has 0 bridgehead atoms. The average molecular weight is 277 g/mol. The monoisotopic (exact) mass is 277 g/mol. The minimum absolute atomic E-state index is 0.00773. The number of aliphatic carboxylic acids is 1. The first-order valence-electron chi connectivity index (χ1n) is 6.50. The zero-order valence-corrected chi connectivity index (χ0v) is 12.1. The summed E-state index contributed by atoms with van der Waals surface area (Å²) in [4.78, 5) is 11.3. The molecule has 0 aromatic carbocycles. The Bertz CT molecular complexity index is 391. The van der Waals surface area contributed by atoms with E-state index in [9.17, 15) is 18.3 Å². The number of sulfonamides is 1. The molecular formula is C12H23NO4S. The highest BCUT2D eigenvalue weighted by Gasteiger charge is 2.39. The standard InChI is InChI=1S/C12H23NO4S/c1-4-10-5-6-13(11(7-10)12(14)15)18(16,17)8-9(2)3/h9-11H,4-8H2,1-3H3,(H,14,15). The van der Waals surface area contributed by atoms with Gasteiger partial charge < -0.3 is 5.11 Å². The smallest absolute Gasteiger partial charge is 0.322 e. The summed E-state index contributed by atoms with van der Waals surface area (Å²) >= 11 is 0. The Labute approximate surface area is 109 Å². The van der Waals surface area contributed by atoms with E-state index in [2.05, 4.69) is 0 Å². The van der Waals surface area contributed by atoms with Gasteiger partial charge in [0, 0.05) is 6.54 Å². The third-order valence-corrected chi connectivity index (χ3v) is 5.67. The minimum atomic E-state index is -3.46. The predicted molar refractivity (Wildman–Crippen MR) is 69.8 cm³/mol. The Kier molecular flexibility index (Phi) is 5.16. The maximum Gasteiger partial charge on any atom is 0.322 e. The second-order valence-corrected chi connectivity index (χ2v) is 7.40. The molecule has 0 spiro atoms. The van der Waals surface area contributed by atoms with Crippen LogP contribution in [0.15, 0.2) is 0 Å². The van der Waals surface area contributed by atoms with E-state index in [4.69, 9.17) is 0 Å². The number of carbonyl (C=O) groups is 1. The summed E-state index contributed by atoms with van der Waals surface area (Å²) in [5, 5.41) is 9.21. The van der Waals surface area contributed by atoms with Crippen LogP contribution in [0.3, 0.4) is 0 Å². The maximum atomic E-state index is 12.2. The Morgan fingerprint density at radius 3 is 2.50 bits per heavy atom. The van der Waals surface area contributed by atoms with Crippen LogP contribution in [0.2, 0.25) is 0 Å². The van der Waals surface area contributed by atoms with Crippen molar-refractivity contribution < 1.29 is 18.3 Å². The van der Waals surface area contributed by atoms with Gasteiger partial charge in [0.05, 0.1) is 5.75 Å². The number of nitrogens with zero attached hydrogens (tertiary/aromatic N) is 1. The van der Waals surface area contributed by atoms with Gasteiger partial charge in [-0.15, -0.1) is 0 Å². The van der Waals surface area contributed by atoms with Crippen molar-refractivity contribution in [2.24, 2.45) is 11.8 Å². The topological polar surface area (TPSA) is 74.7 Å². The summed E-state index contributed by atoms with van der Waals surface area (Å²) in [6, 6.07) is -0.882. The SMILES string of the molecule is CCC1CCN(S(=O)(=O)CC(C)C)C(C(=O)O)C1. The van der Waals surface area contributed by atoms with Crippen molar-refractivity contribution >= 4 is 16.0 Å². The highest BCUT2D eigenvalue weighted by Crippen LogP contribution is 2.28. The molecule has 1 heterocycles. The van der Waals surface area contributed by atoms with Crippen molar-refractivity contribution in [1.82, 2.24) is 4.31 Å². The zero-order chi connectivity index (χ0) is 13.9. The lowest BCUT2D eigenvalue weighted by Gasteiger charge is -2.36. The van der Waals surface area contributed by atoms with E-state index in [-0.39, 0.29) is 11.7 Å². The lowest BCUT2D eigenvalue weighted by molar-refractivity contribution is -0.143. The molecule has 0 aromatic heterocycles. The van der Waals surface area contributed by atoms with Gasteiger partial charge >= 0.3 is 5.97 Å². The van der Waals surface area contributed by atoms with Gasteiger partial charge in [0.15, 0.2) is 0 Å². The molecule has 1 N–H and O–H groups in total. The molecule has 0 radical (unpaired) electrons. The van der Waals surface area contributed by atoms with E-state index in [0.29, 0.717) is 18.9 Å². The quantitative estimate of drug-likeness (QED) is 0.827. The zero-order valence-electron chi connectivity index (χ0n) is 11.3. The summed E-state index contributed by atoms with van der Waals surface area (Å²) < 4.78 is 25.5. The highest BCUT2D eigenvalue weighted by atomic mass is 32.2. The molecule has 0 saturated carbocycles. The average Bonchev–Trinajstić information content (AvgIpc) is 2.26. The lowest BCUT2D eigenvalue weighted by atomic mass is 9.90. The Balaban J connectivity index is 2.89. The number of rotatable bonds is 5. The molecule has 2 unspecified atom stereocenters. The molecule has 0 aliphatic carbocycles. The summed E-state index contributed by atoms with van der Waals surface area (Å²) in [6.45, 7) is 6.00. The normalized spacial score (nSPS) is 26.4. The highest BCUT2D eigenvalue weighted by molar-refractivity contribution is 7.89. The molecule has 1 fully saturated rings. The lowest BCUT2D eigenvalue weighted by Crippen LogP contribution is -2.51. The number of hydrogen-bond acceptors (Lipinski definition) is 3. The molecule has 1 saturated heterocycles. The van der Waals surface area contributed by atoms with E-state index in [1.54, 1.807) is 0 Å². The molecule has 5 nitrogen and oxygen atoms in total. The van der Waals surface area contributed by atoms with E-state index in [1.807, 2.05) is 20.8 Å². The van der Waals surface area contributed by atoms with Crippen molar-refractivity contribution in [1.29, 1.82) is 0 Å². The van der Waals surface area contributed by atoms with Crippen molar-refractivity contribution in [3.63, 3.8) is 0 Å². The molecule has 6 heteroatoms. The van der Waals surface area contributed by atoms with Crippen molar-refractivity contribution in [2.75, 3.05) is 12.3 Å². The molecule has 2 atom stereocenters. The molecule has 1 rings (SSSR count). The fourth-order valence-electron chi connectivity index (χ4n) is 2.46. The number of hydrogen-bond donors (Lipinski definition) is 1. The summed E-state index contributed by atoms with van der Waals surface area (Å²) in [5.74, 6) is -0.682. The van der Waals surface area contributed by atoms with Crippen molar-refractivity contribution in [2.45, 2.75) is 46.1 Å². The van der Waals surface area contributed by atoms with Gasteiger partial charge in [0.25, 0.3) is 0 Å². The number of carboxylic acid groups (broad SMARTS) is 1. The largest absolute Gasteiger partial charge is 0.480 e. The number of carboxylic acids is 1. The fourth-order valence-corrected chi connectivity index (χ4v) is 4.44. The van der Waals surface area contributed by atoms with Gasteiger partial charge in [-0.3, -0.25) is 4.79 Å². The maximum absolute atomic E-state index is 12.2. The number of piperidine rings is 1. The first-order valence-corrected chi connectivity index (χ1v) is 8.11. The second-order valence-electron chi connectivity index (χ2n) is 5.44. The van der Waals surface area contributed by atoms with E-state index >= 15 is 0 Å². The molecule has 0 amide bonds. The van der Waals surface area contributed by atoms with Gasteiger partial charge in [-0.2, -0.15) is 4.31 Å². The van der Waals surface area contributed by atoms with E-state index in [1.165, 1.54) is 4.31 Å². The minimum Gasteiger partial charge on any atom is -0.480 e. The Hall–Kier alpha value is -0.620. The van der Waals surface area contributed by atoms with Crippen molar-refractivity contribution in [3.8, 4) is 0 Å². The van der Waals surface area contributed by atoms with Crippen LogP contribution >= 0.6 is 0 Å². The third-order valence-electron chi connectivity index (χ3n) is 3.43. The molecule has 0 aromatic rings. The van der Waals surface area contributed by atoms with Crippen LogP contribution in [0, 0.1) is 11.8 Å². The first-order chi connectivity index (χ1) is 8.27. The molecule has 106 valence electrons. The van der Waals surface area contributed by atoms with Crippen LogP contribution in [0.5, 0.6) is 0 Å². The molecular weight excluding hydrogens is 254 g/mol. The molecule has 1 aliphatic rings. The van der Waals surface area contributed by atoms with Crippen LogP contribution in [0.4, 0.5) is 0 Å². The van der Waals surface area contributed by atoms with Crippen LogP contribution in [-0.2, 0) is 14.8 Å². The van der Waals surface area contributed by atoms with Crippen LogP contribution in [0.1, 0.15) is 40.0 Å². The first kappa shape index (κ1) is 15.4. The Morgan fingerprint density at radius 2 is 2.06 bits per heavy atom. The van der Waals surface area contributed by atoms with Gasteiger partial charge in [-0.25, -0.2) is 8.42 Å². The van der Waals surface area contributed by atoms with Gasteiger partial charge in [-0.1, -0.05) is 27.2 Å². The second kappa shape index (κ2) is 6.02. The van der Waals surface area contributed by atoms with Crippen LogP contribution in [0.25, 0.3) is 0 Å². The van der Waals surface area contributed by atoms with Gasteiger partial charge in [0.1, 0.15) is 6.04 Å². The van der Waals surface area contributed by atoms with Crippen LogP contribution < -0.4 is 0 Å². The van der Waals surface area contributed by atoms with Crippen LogP contribution in [-0.4, -0.2) is 42.1 Å². The molecule has 1 aliphatic heterocycles. The van der Waals surface area contributed by atoms with E-state index in [0.717, 1.165) is 12.8 Å². The third kappa shape index (κ3) is 3.68. The van der Waals surface area contributed by atoms with E-state index < -0.39 is 22.0 Å². The van der Waals surface area contributed by atoms with Gasteiger partial charge in [-0.05, 0) is 24.7 Å². The summed E-state index contributed by atoms with van der Waals surface area (Å²) in [7, 11) is -3.46. The fraction of sp³-hybridized carbons (Fsp3) is 0.917. The summed E-state index contributed by atoms with van der Waals surface area (Å²) in [5.41, 5.74) is 0. The predicted octanol–water partition coefficient (Wildman–Crippen LogP) is 1.55.